The first-order valence-corrected chi connectivity index (χ1v) is 10.8. The van der Waals surface area contributed by atoms with Crippen molar-refractivity contribution in [3.05, 3.63) is 65.4 Å². The Morgan fingerprint density at radius 3 is 2.59 bits per heavy atom. The lowest BCUT2D eigenvalue weighted by Crippen LogP contribution is -2.11. The van der Waals surface area contributed by atoms with E-state index in [9.17, 15) is 8.42 Å². The zero-order valence-electron chi connectivity index (χ0n) is 14.6. The van der Waals surface area contributed by atoms with Crippen LogP contribution in [-0.2, 0) is 16.4 Å². The van der Waals surface area contributed by atoms with Gasteiger partial charge in [-0.1, -0.05) is 47.7 Å². The van der Waals surface area contributed by atoms with Crippen molar-refractivity contribution in [2.75, 3.05) is 5.43 Å². The number of rotatable bonds is 4. The first-order valence-electron chi connectivity index (χ1n) is 8.43. The number of sulfonamides is 1. The smallest absolute Gasteiger partial charge is 0.238 e. The van der Waals surface area contributed by atoms with Crippen LogP contribution in [0.25, 0.3) is 10.4 Å². The van der Waals surface area contributed by atoms with Crippen LogP contribution in [0, 0.1) is 6.92 Å². The Bertz CT molecular complexity index is 1130. The van der Waals surface area contributed by atoms with Gasteiger partial charge in [0.2, 0.25) is 15.2 Å². The molecule has 0 saturated carbocycles. The summed E-state index contributed by atoms with van der Waals surface area (Å²) in [6, 6.07) is 14.8. The second kappa shape index (κ2) is 6.88. The van der Waals surface area contributed by atoms with Gasteiger partial charge >= 0.3 is 0 Å². The van der Waals surface area contributed by atoms with Gasteiger partial charge in [0.1, 0.15) is 0 Å². The SMILES string of the molecule is Cc1nc(N/N=C2/CCc3ccccc32)sc1-c1ccc(S(N)(=O)=O)cc1. The average Bonchev–Trinajstić information content (AvgIpc) is 3.23. The number of thiazole rings is 1. The minimum absolute atomic E-state index is 0.0954. The van der Waals surface area contributed by atoms with Gasteiger partial charge in [-0.25, -0.2) is 18.5 Å². The number of nitrogens with two attached hydrogens (primary N) is 1. The summed E-state index contributed by atoms with van der Waals surface area (Å²) in [6.07, 6.45) is 1.92. The fourth-order valence-electron chi connectivity index (χ4n) is 3.15. The highest BCUT2D eigenvalue weighted by atomic mass is 32.2. The van der Waals surface area contributed by atoms with Crippen LogP contribution in [0.5, 0.6) is 0 Å². The molecule has 3 aromatic rings. The van der Waals surface area contributed by atoms with E-state index in [-0.39, 0.29) is 4.90 Å². The molecule has 0 bridgehead atoms. The van der Waals surface area contributed by atoms with E-state index < -0.39 is 10.0 Å². The fraction of sp³-hybridized carbons (Fsp3) is 0.158. The second-order valence-corrected chi connectivity index (χ2v) is 8.89. The van der Waals surface area contributed by atoms with E-state index in [0.717, 1.165) is 34.7 Å². The Morgan fingerprint density at radius 1 is 1.11 bits per heavy atom. The van der Waals surface area contributed by atoms with Crippen molar-refractivity contribution in [3.8, 4) is 10.4 Å². The molecule has 0 radical (unpaired) electrons. The van der Waals surface area contributed by atoms with E-state index in [1.165, 1.54) is 34.6 Å². The molecule has 6 nitrogen and oxygen atoms in total. The first kappa shape index (κ1) is 17.8. The maximum atomic E-state index is 11.4. The van der Waals surface area contributed by atoms with Crippen molar-refractivity contribution in [3.63, 3.8) is 0 Å². The Kier molecular flexibility index (Phi) is 4.55. The Morgan fingerprint density at radius 2 is 1.85 bits per heavy atom. The van der Waals surface area contributed by atoms with Crippen molar-refractivity contribution in [1.29, 1.82) is 0 Å². The highest BCUT2D eigenvalue weighted by Gasteiger charge is 2.17. The highest BCUT2D eigenvalue weighted by molar-refractivity contribution is 7.89. The normalized spacial score (nSPS) is 15.1. The third kappa shape index (κ3) is 3.64. The van der Waals surface area contributed by atoms with E-state index in [0.29, 0.717) is 5.13 Å². The fourth-order valence-corrected chi connectivity index (χ4v) is 4.58. The van der Waals surface area contributed by atoms with Crippen LogP contribution in [0.3, 0.4) is 0 Å². The third-order valence-electron chi connectivity index (χ3n) is 4.49. The topological polar surface area (TPSA) is 97.4 Å². The number of hydrazone groups is 1. The van der Waals surface area contributed by atoms with Gasteiger partial charge in [-0.05, 0) is 43.0 Å². The van der Waals surface area contributed by atoms with Gasteiger partial charge in [0.25, 0.3) is 0 Å². The van der Waals surface area contributed by atoms with Crippen LogP contribution in [0.4, 0.5) is 5.13 Å². The highest BCUT2D eigenvalue weighted by Crippen LogP contribution is 2.33. The van der Waals surface area contributed by atoms with E-state index in [1.807, 2.05) is 19.1 Å². The van der Waals surface area contributed by atoms with E-state index >= 15 is 0 Å². The minimum atomic E-state index is -3.69. The molecule has 0 fully saturated rings. The molecule has 1 aliphatic rings. The number of nitrogens with zero attached hydrogens (tertiary/aromatic N) is 2. The maximum absolute atomic E-state index is 11.4. The molecule has 1 aromatic heterocycles. The zero-order valence-corrected chi connectivity index (χ0v) is 16.3. The maximum Gasteiger partial charge on any atom is 0.238 e. The van der Waals surface area contributed by atoms with Crippen LogP contribution >= 0.6 is 11.3 Å². The van der Waals surface area contributed by atoms with Gasteiger partial charge in [0, 0.05) is 5.56 Å². The van der Waals surface area contributed by atoms with Gasteiger partial charge in [0.15, 0.2) is 0 Å². The third-order valence-corrected chi connectivity index (χ3v) is 6.53. The summed E-state index contributed by atoms with van der Waals surface area (Å²) in [5.74, 6) is 0. The molecule has 27 heavy (non-hydrogen) atoms. The number of anilines is 1. The van der Waals surface area contributed by atoms with E-state index in [4.69, 9.17) is 5.14 Å². The van der Waals surface area contributed by atoms with Crippen LogP contribution in [0.2, 0.25) is 0 Å². The summed E-state index contributed by atoms with van der Waals surface area (Å²) in [5.41, 5.74) is 8.38. The van der Waals surface area contributed by atoms with Gasteiger partial charge in [-0.15, -0.1) is 0 Å². The summed E-state index contributed by atoms with van der Waals surface area (Å²) < 4.78 is 22.8. The lowest BCUT2D eigenvalue weighted by atomic mass is 10.1. The Hall–Kier alpha value is -2.55. The molecular formula is C19H18N4O2S2. The van der Waals surface area contributed by atoms with Crippen molar-refractivity contribution in [2.24, 2.45) is 10.2 Å². The van der Waals surface area contributed by atoms with Crippen LogP contribution in [-0.4, -0.2) is 19.1 Å². The molecule has 138 valence electrons. The average molecular weight is 399 g/mol. The molecule has 8 heteroatoms. The molecule has 3 N–H and O–H groups in total. The molecule has 1 aliphatic carbocycles. The predicted molar refractivity (Wildman–Crippen MR) is 109 cm³/mol. The quantitative estimate of drug-likeness (QED) is 0.657. The molecule has 0 unspecified atom stereocenters. The largest absolute Gasteiger partial charge is 0.252 e. The molecular weight excluding hydrogens is 380 g/mol. The van der Waals surface area contributed by atoms with Gasteiger partial charge < -0.3 is 0 Å². The number of nitrogens with one attached hydrogen (secondary N) is 1. The first-order chi connectivity index (χ1) is 12.9. The lowest BCUT2D eigenvalue weighted by molar-refractivity contribution is 0.598. The van der Waals surface area contributed by atoms with Crippen molar-refractivity contribution >= 4 is 32.2 Å². The number of aryl methyl sites for hydroxylation is 2. The molecule has 0 amide bonds. The number of hydrogen-bond donors (Lipinski definition) is 2. The molecule has 0 aliphatic heterocycles. The van der Waals surface area contributed by atoms with Gasteiger partial charge in [-0.2, -0.15) is 5.10 Å². The molecule has 0 saturated heterocycles. The predicted octanol–water partition coefficient (Wildman–Crippen LogP) is 3.53. The molecule has 0 atom stereocenters. The zero-order chi connectivity index (χ0) is 19.0. The molecule has 0 spiro atoms. The number of hydrogen-bond acceptors (Lipinski definition) is 6. The van der Waals surface area contributed by atoms with Gasteiger partial charge in [-0.3, -0.25) is 5.43 Å². The van der Waals surface area contributed by atoms with Crippen LogP contribution in [0.1, 0.15) is 23.2 Å². The summed E-state index contributed by atoms with van der Waals surface area (Å²) in [5, 5.41) is 10.4. The van der Waals surface area contributed by atoms with E-state index in [2.05, 4.69) is 27.6 Å². The number of primary sulfonamides is 1. The van der Waals surface area contributed by atoms with Crippen LogP contribution in [0.15, 0.2) is 58.5 Å². The minimum Gasteiger partial charge on any atom is -0.252 e. The standard InChI is InChI=1S/C19H18N4O2S2/c1-12-18(14-6-9-15(10-7-14)27(20,24)25)26-19(21-12)23-22-17-11-8-13-4-2-3-5-16(13)17/h2-7,9-10H,8,11H2,1H3,(H,21,23)(H2,20,24,25)/b22-17-. The summed E-state index contributed by atoms with van der Waals surface area (Å²) >= 11 is 1.48. The van der Waals surface area contributed by atoms with E-state index in [1.54, 1.807) is 12.1 Å². The number of fused-ring (bicyclic) bond motifs is 1. The van der Waals surface area contributed by atoms with Gasteiger partial charge in [0.05, 0.1) is 21.2 Å². The van der Waals surface area contributed by atoms with Crippen molar-refractivity contribution in [1.82, 2.24) is 4.98 Å². The summed E-state index contributed by atoms with van der Waals surface area (Å²) in [4.78, 5) is 5.59. The van der Waals surface area contributed by atoms with Crippen LogP contribution < -0.4 is 10.6 Å². The number of aromatic nitrogens is 1. The monoisotopic (exact) mass is 398 g/mol. The second-order valence-electron chi connectivity index (χ2n) is 6.33. The lowest BCUT2D eigenvalue weighted by Gasteiger charge is -2.01. The number of benzene rings is 2. The summed E-state index contributed by atoms with van der Waals surface area (Å²) in [7, 11) is -3.69. The Balaban J connectivity index is 1.57. The molecule has 1 heterocycles. The Labute approximate surface area is 161 Å². The summed E-state index contributed by atoms with van der Waals surface area (Å²) in [6.45, 7) is 1.92. The van der Waals surface area contributed by atoms with Crippen molar-refractivity contribution in [2.45, 2.75) is 24.7 Å². The van der Waals surface area contributed by atoms with Crippen molar-refractivity contribution < 1.29 is 8.42 Å². The molecule has 4 rings (SSSR count). The molecule has 2 aromatic carbocycles.